The Kier molecular flexibility index (Phi) is 8.18. The van der Waals surface area contributed by atoms with Gasteiger partial charge in [0.2, 0.25) is 0 Å². The highest BCUT2D eigenvalue weighted by atomic mass is 16.5. The second-order valence-corrected chi connectivity index (χ2v) is 8.12. The molecule has 1 heterocycles. The van der Waals surface area contributed by atoms with Gasteiger partial charge in [-0.1, -0.05) is 64.2 Å². The summed E-state index contributed by atoms with van der Waals surface area (Å²) in [6, 6.07) is 0. The van der Waals surface area contributed by atoms with Gasteiger partial charge in [0, 0.05) is 12.3 Å². The van der Waals surface area contributed by atoms with E-state index in [2.05, 4.69) is 32.6 Å². The average molecular weight is 351 g/mol. The van der Waals surface area contributed by atoms with E-state index in [9.17, 15) is 10.2 Å². The Morgan fingerprint density at radius 2 is 1.92 bits per heavy atom. The second-order valence-electron chi connectivity index (χ2n) is 8.12. The molecule has 0 bridgehead atoms. The number of ether oxygens (including phenoxy) is 1. The average Bonchev–Trinajstić information content (AvgIpc) is 3.11. The molecule has 0 radical (unpaired) electrons. The standard InChI is InChI=1S/C22H38O3/c1-4-7-9-11-17-15-19-18(20(23)16-21(19)25-17)12-10-14-22(24,6-3)13-8-5-2/h6,10,12,17-21,23-24H,3-5,7-9,11,13-16H2,1-2H3/b12-10+/t17?,18-,19-,20-,21+,22?/m1/s1. The summed E-state index contributed by atoms with van der Waals surface area (Å²) in [6.07, 6.45) is 16.3. The molecule has 2 unspecified atom stereocenters. The van der Waals surface area contributed by atoms with E-state index in [4.69, 9.17) is 4.74 Å². The molecule has 1 aliphatic heterocycles. The molecular formula is C22H38O3. The van der Waals surface area contributed by atoms with Crippen molar-refractivity contribution in [3.63, 3.8) is 0 Å². The van der Waals surface area contributed by atoms with Gasteiger partial charge >= 0.3 is 0 Å². The first-order valence-electron chi connectivity index (χ1n) is 10.4. The van der Waals surface area contributed by atoms with Crippen LogP contribution in [0.25, 0.3) is 0 Å². The Labute approximate surface area is 154 Å². The summed E-state index contributed by atoms with van der Waals surface area (Å²) in [5, 5.41) is 21.0. The molecule has 25 heavy (non-hydrogen) atoms. The highest BCUT2D eigenvalue weighted by molar-refractivity contribution is 5.08. The Balaban J connectivity index is 1.87. The zero-order valence-corrected chi connectivity index (χ0v) is 16.2. The Hall–Kier alpha value is -0.640. The maximum Gasteiger partial charge on any atom is 0.0859 e. The van der Waals surface area contributed by atoms with Crippen LogP contribution in [-0.4, -0.2) is 34.1 Å². The largest absolute Gasteiger partial charge is 0.392 e. The molecule has 2 N–H and O–H groups in total. The number of aliphatic hydroxyl groups is 2. The Morgan fingerprint density at radius 3 is 2.60 bits per heavy atom. The van der Waals surface area contributed by atoms with Crippen molar-refractivity contribution in [3.05, 3.63) is 24.8 Å². The van der Waals surface area contributed by atoms with Crippen molar-refractivity contribution in [1.82, 2.24) is 0 Å². The molecule has 2 fully saturated rings. The third-order valence-electron chi connectivity index (χ3n) is 6.09. The maximum atomic E-state index is 10.6. The molecule has 0 amide bonds. The normalized spacial score (nSPS) is 34.3. The fraction of sp³-hybridized carbons (Fsp3) is 0.818. The summed E-state index contributed by atoms with van der Waals surface area (Å²) in [4.78, 5) is 0. The number of hydrogen-bond donors (Lipinski definition) is 2. The second kappa shape index (κ2) is 9.89. The molecule has 0 aromatic rings. The zero-order chi connectivity index (χ0) is 18.3. The van der Waals surface area contributed by atoms with Gasteiger partial charge in [-0.2, -0.15) is 0 Å². The Morgan fingerprint density at radius 1 is 1.16 bits per heavy atom. The first kappa shape index (κ1) is 20.7. The SMILES string of the molecule is C=CC(O)(C/C=C/[C@@H]1[C@H]2CC(CCCCC)O[C@H]2C[C@H]1O)CCCC. The fourth-order valence-electron chi connectivity index (χ4n) is 4.45. The molecule has 144 valence electrons. The third kappa shape index (κ3) is 5.67. The number of fused-ring (bicyclic) bond motifs is 1. The van der Waals surface area contributed by atoms with Gasteiger partial charge in [0.1, 0.15) is 0 Å². The summed E-state index contributed by atoms with van der Waals surface area (Å²) in [6.45, 7) is 8.16. The zero-order valence-electron chi connectivity index (χ0n) is 16.2. The van der Waals surface area contributed by atoms with Crippen LogP contribution >= 0.6 is 0 Å². The van der Waals surface area contributed by atoms with E-state index in [0.717, 1.165) is 38.5 Å². The molecule has 0 aromatic heterocycles. The van der Waals surface area contributed by atoms with Crippen LogP contribution in [0.1, 0.15) is 78.1 Å². The molecule has 6 atom stereocenters. The number of rotatable bonds is 11. The lowest BCUT2D eigenvalue weighted by Gasteiger charge is -2.23. The molecule has 1 saturated heterocycles. The van der Waals surface area contributed by atoms with Crippen molar-refractivity contribution in [2.75, 3.05) is 0 Å². The van der Waals surface area contributed by atoms with E-state index < -0.39 is 5.60 Å². The van der Waals surface area contributed by atoms with Gasteiger partial charge in [-0.3, -0.25) is 0 Å². The smallest absolute Gasteiger partial charge is 0.0859 e. The maximum absolute atomic E-state index is 10.6. The lowest BCUT2D eigenvalue weighted by molar-refractivity contribution is 0.0233. The molecular weight excluding hydrogens is 312 g/mol. The van der Waals surface area contributed by atoms with Gasteiger partial charge in [-0.25, -0.2) is 0 Å². The summed E-state index contributed by atoms with van der Waals surface area (Å²) >= 11 is 0. The van der Waals surface area contributed by atoms with Crippen LogP contribution in [0.5, 0.6) is 0 Å². The van der Waals surface area contributed by atoms with Crippen LogP contribution in [0.3, 0.4) is 0 Å². The molecule has 2 rings (SSSR count). The number of hydrogen-bond acceptors (Lipinski definition) is 3. The minimum absolute atomic E-state index is 0.168. The molecule has 2 aliphatic rings. The van der Waals surface area contributed by atoms with Crippen molar-refractivity contribution in [2.45, 2.75) is 102 Å². The van der Waals surface area contributed by atoms with Crippen LogP contribution in [0.15, 0.2) is 24.8 Å². The Bertz CT molecular complexity index is 433. The fourth-order valence-corrected chi connectivity index (χ4v) is 4.45. The van der Waals surface area contributed by atoms with Crippen LogP contribution in [-0.2, 0) is 4.74 Å². The van der Waals surface area contributed by atoms with Gasteiger partial charge in [-0.15, -0.1) is 6.58 Å². The van der Waals surface area contributed by atoms with Crippen LogP contribution in [0.2, 0.25) is 0 Å². The van der Waals surface area contributed by atoms with E-state index in [-0.39, 0.29) is 18.1 Å². The van der Waals surface area contributed by atoms with Crippen molar-refractivity contribution < 1.29 is 14.9 Å². The topological polar surface area (TPSA) is 49.7 Å². The molecule has 3 heteroatoms. The minimum atomic E-state index is -0.815. The summed E-state index contributed by atoms with van der Waals surface area (Å²) in [5.41, 5.74) is -0.815. The molecule has 0 aromatic carbocycles. The van der Waals surface area contributed by atoms with E-state index in [1.54, 1.807) is 6.08 Å². The van der Waals surface area contributed by atoms with Crippen molar-refractivity contribution in [2.24, 2.45) is 11.8 Å². The van der Waals surface area contributed by atoms with Gasteiger partial charge < -0.3 is 14.9 Å². The predicted octanol–water partition coefficient (Wildman–Crippen LogP) is 4.77. The molecule has 0 spiro atoms. The number of unbranched alkanes of at least 4 members (excludes halogenated alkanes) is 3. The monoisotopic (exact) mass is 350 g/mol. The molecule has 1 saturated carbocycles. The van der Waals surface area contributed by atoms with Gasteiger partial charge in [-0.05, 0) is 31.6 Å². The van der Waals surface area contributed by atoms with Crippen molar-refractivity contribution in [1.29, 1.82) is 0 Å². The van der Waals surface area contributed by atoms with Crippen LogP contribution < -0.4 is 0 Å². The van der Waals surface area contributed by atoms with Gasteiger partial charge in [0.25, 0.3) is 0 Å². The summed E-state index contributed by atoms with van der Waals surface area (Å²) in [7, 11) is 0. The number of aliphatic hydroxyl groups excluding tert-OH is 1. The summed E-state index contributed by atoms with van der Waals surface area (Å²) in [5.74, 6) is 0.603. The quantitative estimate of drug-likeness (QED) is 0.417. The van der Waals surface area contributed by atoms with Crippen molar-refractivity contribution >= 4 is 0 Å². The van der Waals surface area contributed by atoms with E-state index in [1.807, 2.05) is 0 Å². The highest BCUT2D eigenvalue weighted by Gasteiger charge is 2.47. The van der Waals surface area contributed by atoms with Gasteiger partial charge in [0.05, 0.1) is 23.9 Å². The van der Waals surface area contributed by atoms with E-state index in [1.165, 1.54) is 19.3 Å². The van der Waals surface area contributed by atoms with Gasteiger partial charge in [0.15, 0.2) is 0 Å². The lowest BCUT2D eigenvalue weighted by atomic mass is 9.87. The van der Waals surface area contributed by atoms with Crippen molar-refractivity contribution in [3.8, 4) is 0 Å². The molecule has 3 nitrogen and oxygen atoms in total. The van der Waals surface area contributed by atoms with Crippen LogP contribution in [0, 0.1) is 11.8 Å². The molecule has 1 aliphatic carbocycles. The first-order chi connectivity index (χ1) is 12.0. The lowest BCUT2D eigenvalue weighted by Crippen LogP contribution is -2.25. The third-order valence-corrected chi connectivity index (χ3v) is 6.09. The van der Waals surface area contributed by atoms with E-state index >= 15 is 0 Å². The minimum Gasteiger partial charge on any atom is -0.392 e. The highest BCUT2D eigenvalue weighted by Crippen LogP contribution is 2.45. The van der Waals surface area contributed by atoms with E-state index in [0.29, 0.717) is 18.4 Å². The first-order valence-corrected chi connectivity index (χ1v) is 10.4. The summed E-state index contributed by atoms with van der Waals surface area (Å²) < 4.78 is 6.19. The predicted molar refractivity (Wildman–Crippen MR) is 103 cm³/mol. The van der Waals surface area contributed by atoms with Crippen LogP contribution in [0.4, 0.5) is 0 Å².